The van der Waals surface area contributed by atoms with Gasteiger partial charge in [0.05, 0.1) is 14.2 Å². The van der Waals surface area contributed by atoms with Crippen molar-refractivity contribution in [2.75, 3.05) is 31.9 Å². The van der Waals surface area contributed by atoms with Gasteiger partial charge < -0.3 is 14.4 Å². The van der Waals surface area contributed by atoms with Crippen molar-refractivity contribution in [3.8, 4) is 22.6 Å². The SMILES string of the molecule is COc1cc(C)c(-c2cccn3c(N(CC4CC4)C4Cc5cccc6ccc7c(c56)C4CCC7)c(SC)nc23)c(OC)c1. The maximum atomic E-state index is 5.91. The zero-order valence-electron chi connectivity index (χ0n) is 25.5. The Bertz CT molecular complexity index is 1870. The number of aromatic nitrogens is 2. The molecule has 0 amide bonds. The first-order valence-electron chi connectivity index (χ1n) is 15.7. The molecule has 220 valence electrons. The third kappa shape index (κ3) is 4.32. The zero-order chi connectivity index (χ0) is 29.2. The summed E-state index contributed by atoms with van der Waals surface area (Å²) in [5.41, 5.74) is 8.97. The average molecular weight is 590 g/mol. The van der Waals surface area contributed by atoms with Crippen molar-refractivity contribution in [2.24, 2.45) is 5.92 Å². The second-order valence-corrected chi connectivity index (χ2v) is 13.4. The predicted molar refractivity (Wildman–Crippen MR) is 177 cm³/mol. The largest absolute Gasteiger partial charge is 0.497 e. The molecule has 5 aromatic rings. The summed E-state index contributed by atoms with van der Waals surface area (Å²) in [5.74, 6) is 4.15. The lowest BCUT2D eigenvalue weighted by atomic mass is 9.70. The van der Waals surface area contributed by atoms with Crippen LogP contribution < -0.4 is 14.4 Å². The molecule has 5 nitrogen and oxygen atoms in total. The molecule has 0 aliphatic heterocycles. The number of hydrogen-bond acceptors (Lipinski definition) is 5. The Balaban J connectivity index is 1.32. The van der Waals surface area contributed by atoms with Gasteiger partial charge in [-0.15, -0.1) is 11.8 Å². The van der Waals surface area contributed by atoms with Crippen LogP contribution >= 0.6 is 11.8 Å². The molecular formula is C37H39N3O2S. The van der Waals surface area contributed by atoms with Crippen LogP contribution in [0.5, 0.6) is 11.5 Å². The minimum absolute atomic E-state index is 0.409. The molecule has 0 N–H and O–H groups in total. The van der Waals surface area contributed by atoms with E-state index in [0.717, 1.165) is 57.7 Å². The molecule has 0 bridgehead atoms. The lowest BCUT2D eigenvalue weighted by molar-refractivity contribution is 0.395. The molecule has 0 radical (unpaired) electrons. The molecular weight excluding hydrogens is 550 g/mol. The van der Waals surface area contributed by atoms with Gasteiger partial charge in [-0.2, -0.15) is 0 Å². The van der Waals surface area contributed by atoms with Gasteiger partial charge in [-0.1, -0.05) is 30.3 Å². The summed E-state index contributed by atoms with van der Waals surface area (Å²) >= 11 is 1.77. The molecule has 2 unspecified atom stereocenters. The molecule has 3 aromatic carbocycles. The summed E-state index contributed by atoms with van der Waals surface area (Å²) in [6.07, 6.45) is 11.8. The van der Waals surface area contributed by atoms with Crippen molar-refractivity contribution in [1.29, 1.82) is 0 Å². The molecule has 3 aliphatic rings. The van der Waals surface area contributed by atoms with Crippen molar-refractivity contribution in [3.63, 3.8) is 0 Å². The third-order valence-corrected chi connectivity index (χ3v) is 10.8. The van der Waals surface area contributed by atoms with Crippen molar-refractivity contribution >= 4 is 34.0 Å². The molecule has 1 fully saturated rings. The molecule has 0 saturated heterocycles. The number of anilines is 1. The Labute approximate surface area is 258 Å². The molecule has 2 heterocycles. The Morgan fingerprint density at radius 3 is 2.67 bits per heavy atom. The van der Waals surface area contributed by atoms with Crippen LogP contribution in [0, 0.1) is 12.8 Å². The van der Waals surface area contributed by atoms with Gasteiger partial charge in [0, 0.05) is 41.9 Å². The van der Waals surface area contributed by atoms with E-state index in [1.54, 1.807) is 42.5 Å². The number of pyridine rings is 1. The molecule has 6 heteroatoms. The standard InChI is InChI=1S/C37H39N3O2S/c1-22-18-27(41-2)20-31(42-3)32(22)29-12-7-17-39-35(29)38-36(43-4)37(39)40(21-23-13-14-23)30-19-26-10-5-8-24-15-16-25-9-6-11-28(30)34(25)33(24)26/h5,7-8,10,12,15-18,20,23,28,30H,6,9,11,13-14,19,21H2,1-4H3. The molecule has 0 spiro atoms. The van der Waals surface area contributed by atoms with Crippen LogP contribution in [-0.2, 0) is 12.8 Å². The smallest absolute Gasteiger partial charge is 0.147 e. The Hall–Kier alpha value is -3.64. The van der Waals surface area contributed by atoms with E-state index in [-0.39, 0.29) is 0 Å². The van der Waals surface area contributed by atoms with Crippen LogP contribution in [0.4, 0.5) is 5.82 Å². The molecule has 3 aliphatic carbocycles. The monoisotopic (exact) mass is 589 g/mol. The second-order valence-electron chi connectivity index (χ2n) is 12.6. The number of imidazole rings is 1. The van der Waals surface area contributed by atoms with Crippen LogP contribution in [0.3, 0.4) is 0 Å². The number of thioether (sulfide) groups is 1. The number of aryl methyl sites for hydroxylation is 2. The molecule has 2 atom stereocenters. The number of nitrogens with zero attached hydrogens (tertiary/aromatic N) is 3. The third-order valence-electron chi connectivity index (χ3n) is 10.1. The van der Waals surface area contributed by atoms with Gasteiger partial charge in [0.1, 0.15) is 28.0 Å². The van der Waals surface area contributed by atoms with E-state index in [0.29, 0.717) is 12.0 Å². The molecule has 8 rings (SSSR count). The van der Waals surface area contributed by atoms with Gasteiger partial charge in [0.15, 0.2) is 0 Å². The normalized spacial score (nSPS) is 19.2. The fraction of sp³-hybridized carbons (Fsp3) is 0.378. The van der Waals surface area contributed by atoms with Crippen LogP contribution in [0.1, 0.15) is 53.9 Å². The maximum Gasteiger partial charge on any atom is 0.147 e. The lowest BCUT2D eigenvalue weighted by Gasteiger charge is -2.44. The fourth-order valence-electron chi connectivity index (χ4n) is 8.01. The van der Waals surface area contributed by atoms with Crippen LogP contribution in [0.25, 0.3) is 27.5 Å². The van der Waals surface area contributed by atoms with Gasteiger partial charge >= 0.3 is 0 Å². The van der Waals surface area contributed by atoms with Crippen LogP contribution in [0.2, 0.25) is 0 Å². The van der Waals surface area contributed by atoms with Gasteiger partial charge in [-0.25, -0.2) is 4.98 Å². The number of ether oxygens (including phenoxy) is 2. The second kappa shape index (κ2) is 10.5. The summed E-state index contributed by atoms with van der Waals surface area (Å²) in [4.78, 5) is 8.16. The highest BCUT2D eigenvalue weighted by molar-refractivity contribution is 7.98. The van der Waals surface area contributed by atoms with Crippen molar-refractivity contribution in [3.05, 3.63) is 83.0 Å². The first-order chi connectivity index (χ1) is 21.1. The minimum Gasteiger partial charge on any atom is -0.497 e. The summed E-state index contributed by atoms with van der Waals surface area (Å²) in [6, 6.07) is 20.5. The topological polar surface area (TPSA) is 39.0 Å². The number of methoxy groups -OCH3 is 2. The Kier molecular flexibility index (Phi) is 6.59. The Morgan fingerprint density at radius 2 is 1.88 bits per heavy atom. The minimum atomic E-state index is 0.409. The summed E-state index contributed by atoms with van der Waals surface area (Å²) in [7, 11) is 3.44. The highest BCUT2D eigenvalue weighted by Crippen LogP contribution is 2.49. The molecule has 2 aromatic heterocycles. The predicted octanol–water partition coefficient (Wildman–Crippen LogP) is 8.46. The van der Waals surface area contributed by atoms with E-state index in [1.165, 1.54) is 48.9 Å². The van der Waals surface area contributed by atoms with Gasteiger partial charge in [0.2, 0.25) is 0 Å². The maximum absolute atomic E-state index is 5.91. The number of fused-ring (bicyclic) bond motifs is 1. The van der Waals surface area contributed by atoms with E-state index in [2.05, 4.69) is 77.2 Å². The van der Waals surface area contributed by atoms with Crippen molar-refractivity contribution in [1.82, 2.24) is 9.38 Å². The number of rotatable bonds is 8. The summed E-state index contributed by atoms with van der Waals surface area (Å²) in [6.45, 7) is 3.22. The van der Waals surface area contributed by atoms with E-state index in [9.17, 15) is 0 Å². The van der Waals surface area contributed by atoms with Gasteiger partial charge in [-0.05, 0) is 109 Å². The highest BCUT2D eigenvalue weighted by atomic mass is 32.2. The fourth-order valence-corrected chi connectivity index (χ4v) is 8.58. The summed E-state index contributed by atoms with van der Waals surface area (Å²) < 4.78 is 13.9. The van der Waals surface area contributed by atoms with E-state index in [4.69, 9.17) is 14.5 Å². The highest BCUT2D eigenvalue weighted by Gasteiger charge is 2.41. The number of hydrogen-bond donors (Lipinski definition) is 0. The molecule has 43 heavy (non-hydrogen) atoms. The Morgan fingerprint density at radius 1 is 1.00 bits per heavy atom. The van der Waals surface area contributed by atoms with Crippen LogP contribution in [-0.4, -0.2) is 42.4 Å². The van der Waals surface area contributed by atoms with Gasteiger partial charge in [0.25, 0.3) is 0 Å². The first kappa shape index (κ1) is 26.9. The number of benzene rings is 3. The molecule has 1 saturated carbocycles. The summed E-state index contributed by atoms with van der Waals surface area (Å²) in [5, 5.41) is 4.05. The van der Waals surface area contributed by atoms with E-state index < -0.39 is 0 Å². The van der Waals surface area contributed by atoms with E-state index in [1.807, 2.05) is 6.07 Å². The quantitative estimate of drug-likeness (QED) is 0.170. The average Bonchev–Trinajstić information content (AvgIpc) is 3.79. The van der Waals surface area contributed by atoms with Crippen molar-refractivity contribution in [2.45, 2.75) is 62.4 Å². The van der Waals surface area contributed by atoms with Crippen LogP contribution in [0.15, 0.2) is 65.8 Å². The van der Waals surface area contributed by atoms with E-state index >= 15 is 0 Å². The zero-order valence-corrected chi connectivity index (χ0v) is 26.3. The first-order valence-corrected chi connectivity index (χ1v) is 16.9. The lowest BCUT2D eigenvalue weighted by Crippen LogP contribution is -2.46. The van der Waals surface area contributed by atoms with Crippen molar-refractivity contribution < 1.29 is 9.47 Å². The van der Waals surface area contributed by atoms with Gasteiger partial charge in [-0.3, -0.25) is 4.40 Å².